The van der Waals surface area contributed by atoms with Gasteiger partial charge in [0.25, 0.3) is 0 Å². The van der Waals surface area contributed by atoms with E-state index in [-0.39, 0.29) is 0 Å². The minimum absolute atomic E-state index is 0.486. The van der Waals surface area contributed by atoms with E-state index in [0.717, 1.165) is 55.8 Å². The molecule has 0 unspecified atom stereocenters. The molecule has 0 bridgehead atoms. The van der Waals surface area contributed by atoms with Crippen molar-refractivity contribution in [3.63, 3.8) is 0 Å². The molecule has 2 aromatic heterocycles. The normalized spacial score (nSPS) is 11.1. The van der Waals surface area contributed by atoms with Gasteiger partial charge >= 0.3 is 0 Å². The summed E-state index contributed by atoms with van der Waals surface area (Å²) in [4.78, 5) is 10.0. The van der Waals surface area contributed by atoms with E-state index in [2.05, 4.69) is 52.7 Å². The van der Waals surface area contributed by atoms with Crippen molar-refractivity contribution in [1.82, 2.24) is 20.2 Å². The Morgan fingerprint density at radius 1 is 0.359 bits per heavy atom. The Morgan fingerprint density at radius 2 is 0.821 bits per heavy atom. The largest absolute Gasteiger partial charge is 0.416 e. The Morgan fingerprint density at radius 3 is 1.46 bits per heavy atom. The molecule has 39 heavy (non-hydrogen) atoms. The number of hydrogen-bond acceptors (Lipinski definition) is 5. The quantitative estimate of drug-likeness (QED) is 0.237. The van der Waals surface area contributed by atoms with Gasteiger partial charge in [0.05, 0.1) is 22.4 Å². The van der Waals surface area contributed by atoms with Crippen LogP contribution in [0.3, 0.4) is 0 Å². The fourth-order valence-electron chi connectivity index (χ4n) is 4.76. The SMILES string of the molecule is c1ccc(-c2nnc(-c3ccccc3-c3ccc(-c4nc5ccccc5nc4-c4ccccc4)cc3)o2)cc1. The summed E-state index contributed by atoms with van der Waals surface area (Å²) in [5.41, 5.74) is 9.32. The van der Waals surface area contributed by atoms with Crippen molar-refractivity contribution in [3.8, 4) is 56.6 Å². The molecule has 184 valence electrons. The highest BCUT2D eigenvalue weighted by molar-refractivity contribution is 5.87. The van der Waals surface area contributed by atoms with E-state index < -0.39 is 0 Å². The molecule has 0 aliphatic heterocycles. The molecule has 0 saturated heterocycles. The van der Waals surface area contributed by atoms with E-state index in [1.165, 1.54) is 0 Å². The topological polar surface area (TPSA) is 64.7 Å². The molecule has 0 fully saturated rings. The van der Waals surface area contributed by atoms with Crippen molar-refractivity contribution < 1.29 is 4.42 Å². The standard InChI is InChI=1S/C34H22N4O/c1-3-11-24(12-4-1)31-32(36-30-18-10-9-17-29(30)35-31)25-21-19-23(20-22-25)27-15-7-8-16-28(27)34-38-37-33(39-34)26-13-5-2-6-14-26/h1-22H. The molecule has 5 aromatic carbocycles. The van der Waals surface area contributed by atoms with Gasteiger partial charge in [-0.1, -0.05) is 103 Å². The van der Waals surface area contributed by atoms with Crippen LogP contribution in [0.5, 0.6) is 0 Å². The van der Waals surface area contributed by atoms with Crippen LogP contribution in [0.1, 0.15) is 0 Å². The van der Waals surface area contributed by atoms with Crippen molar-refractivity contribution in [3.05, 3.63) is 133 Å². The molecular formula is C34H22N4O. The van der Waals surface area contributed by atoms with Crippen molar-refractivity contribution in [1.29, 1.82) is 0 Å². The number of benzene rings is 5. The molecule has 0 spiro atoms. The first kappa shape index (κ1) is 22.8. The van der Waals surface area contributed by atoms with E-state index in [1.54, 1.807) is 0 Å². The van der Waals surface area contributed by atoms with Crippen molar-refractivity contribution in [2.45, 2.75) is 0 Å². The lowest BCUT2D eigenvalue weighted by Crippen LogP contribution is -1.95. The predicted molar refractivity (Wildman–Crippen MR) is 155 cm³/mol. The van der Waals surface area contributed by atoms with Crippen molar-refractivity contribution >= 4 is 11.0 Å². The zero-order chi connectivity index (χ0) is 26.0. The Bertz CT molecular complexity index is 1900. The molecule has 0 aliphatic carbocycles. The Balaban J connectivity index is 1.29. The van der Waals surface area contributed by atoms with E-state index in [1.807, 2.05) is 91.0 Å². The molecule has 5 nitrogen and oxygen atoms in total. The Labute approximate surface area is 225 Å². The lowest BCUT2D eigenvalue weighted by Gasteiger charge is -2.12. The maximum Gasteiger partial charge on any atom is 0.248 e. The summed E-state index contributed by atoms with van der Waals surface area (Å²) in [7, 11) is 0. The summed E-state index contributed by atoms with van der Waals surface area (Å²) in [6.07, 6.45) is 0. The van der Waals surface area contributed by atoms with Crippen molar-refractivity contribution in [2.24, 2.45) is 0 Å². The van der Waals surface area contributed by atoms with Gasteiger partial charge in [0, 0.05) is 22.3 Å². The van der Waals surface area contributed by atoms with Crippen LogP contribution in [0.25, 0.3) is 67.6 Å². The fourth-order valence-corrected chi connectivity index (χ4v) is 4.76. The van der Waals surface area contributed by atoms with Crippen LogP contribution in [-0.4, -0.2) is 20.2 Å². The molecule has 2 heterocycles. The van der Waals surface area contributed by atoms with Gasteiger partial charge in [0.2, 0.25) is 11.8 Å². The van der Waals surface area contributed by atoms with Crippen molar-refractivity contribution in [2.75, 3.05) is 0 Å². The third kappa shape index (κ3) is 4.36. The van der Waals surface area contributed by atoms with E-state index in [0.29, 0.717) is 11.8 Å². The zero-order valence-corrected chi connectivity index (χ0v) is 20.9. The second-order valence-corrected chi connectivity index (χ2v) is 9.18. The van der Waals surface area contributed by atoms with E-state index in [9.17, 15) is 0 Å². The molecule has 0 amide bonds. The number of fused-ring (bicyclic) bond motifs is 1. The minimum Gasteiger partial charge on any atom is -0.416 e. The second kappa shape index (κ2) is 9.80. The number of para-hydroxylation sites is 2. The third-order valence-electron chi connectivity index (χ3n) is 6.69. The fraction of sp³-hybridized carbons (Fsp3) is 0. The predicted octanol–water partition coefficient (Wildman–Crippen LogP) is 8.35. The first-order valence-corrected chi connectivity index (χ1v) is 12.7. The zero-order valence-electron chi connectivity index (χ0n) is 20.9. The van der Waals surface area contributed by atoms with Gasteiger partial charge in [-0.05, 0) is 41.5 Å². The molecule has 0 aliphatic rings. The van der Waals surface area contributed by atoms with Gasteiger partial charge in [-0.3, -0.25) is 0 Å². The van der Waals surface area contributed by atoms with Crippen LogP contribution in [0.4, 0.5) is 0 Å². The Hall–Kier alpha value is -5.42. The molecule has 0 N–H and O–H groups in total. The highest BCUT2D eigenvalue weighted by atomic mass is 16.4. The third-order valence-corrected chi connectivity index (χ3v) is 6.69. The van der Waals surface area contributed by atoms with Crippen LogP contribution >= 0.6 is 0 Å². The summed E-state index contributed by atoms with van der Waals surface area (Å²) in [5, 5.41) is 8.64. The van der Waals surface area contributed by atoms with Crippen LogP contribution in [-0.2, 0) is 0 Å². The summed E-state index contributed by atoms with van der Waals surface area (Å²) in [5.74, 6) is 0.986. The molecule has 0 atom stereocenters. The van der Waals surface area contributed by atoms with E-state index >= 15 is 0 Å². The first-order chi connectivity index (χ1) is 19.3. The lowest BCUT2D eigenvalue weighted by atomic mass is 9.97. The molecule has 0 radical (unpaired) electrons. The monoisotopic (exact) mass is 502 g/mol. The molecular weight excluding hydrogens is 480 g/mol. The van der Waals surface area contributed by atoms with Gasteiger partial charge < -0.3 is 4.42 Å². The number of aromatic nitrogens is 4. The Kier molecular flexibility index (Phi) is 5.72. The van der Waals surface area contributed by atoms with Gasteiger partial charge in [-0.25, -0.2) is 9.97 Å². The summed E-state index contributed by atoms with van der Waals surface area (Å²) in [6, 6.07) is 44.5. The minimum atomic E-state index is 0.486. The molecule has 7 aromatic rings. The van der Waals surface area contributed by atoms with Gasteiger partial charge in [0.15, 0.2) is 0 Å². The molecule has 0 saturated carbocycles. The molecule has 5 heteroatoms. The van der Waals surface area contributed by atoms with Gasteiger partial charge in [0.1, 0.15) is 0 Å². The van der Waals surface area contributed by atoms with E-state index in [4.69, 9.17) is 14.4 Å². The average molecular weight is 503 g/mol. The van der Waals surface area contributed by atoms with Crippen LogP contribution in [0.15, 0.2) is 138 Å². The first-order valence-electron chi connectivity index (χ1n) is 12.7. The van der Waals surface area contributed by atoms with Crippen LogP contribution < -0.4 is 0 Å². The second-order valence-electron chi connectivity index (χ2n) is 9.18. The maximum atomic E-state index is 6.08. The highest BCUT2D eigenvalue weighted by Gasteiger charge is 2.16. The summed E-state index contributed by atoms with van der Waals surface area (Å²) >= 11 is 0. The number of rotatable bonds is 5. The lowest BCUT2D eigenvalue weighted by molar-refractivity contribution is 0.585. The summed E-state index contributed by atoms with van der Waals surface area (Å²) < 4.78 is 6.08. The van der Waals surface area contributed by atoms with Gasteiger partial charge in [-0.2, -0.15) is 0 Å². The van der Waals surface area contributed by atoms with Gasteiger partial charge in [-0.15, -0.1) is 10.2 Å². The molecule has 7 rings (SSSR count). The highest BCUT2D eigenvalue weighted by Crippen LogP contribution is 2.35. The number of nitrogens with zero attached hydrogens (tertiary/aromatic N) is 4. The average Bonchev–Trinajstić information content (AvgIpc) is 3.52. The smallest absolute Gasteiger partial charge is 0.248 e. The van der Waals surface area contributed by atoms with Crippen LogP contribution in [0.2, 0.25) is 0 Å². The van der Waals surface area contributed by atoms with Crippen LogP contribution in [0, 0.1) is 0 Å². The maximum absolute atomic E-state index is 6.08. The summed E-state index contributed by atoms with van der Waals surface area (Å²) in [6.45, 7) is 0. The number of hydrogen-bond donors (Lipinski definition) is 0.